The van der Waals surface area contributed by atoms with Gasteiger partial charge in [-0.25, -0.2) is 4.39 Å². The summed E-state index contributed by atoms with van der Waals surface area (Å²) in [5.41, 5.74) is 1.24. The molecule has 2 saturated heterocycles. The van der Waals surface area contributed by atoms with Crippen molar-refractivity contribution < 1.29 is 13.5 Å². The smallest absolute Gasteiger partial charge is 0.295 e. The second kappa shape index (κ2) is 6.90. The number of hydrogen-bond acceptors (Lipinski definition) is 6. The van der Waals surface area contributed by atoms with Crippen LogP contribution in [-0.2, 0) is 4.74 Å². The molecule has 7 heteroatoms. The topological polar surface area (TPSA) is 53.8 Å². The van der Waals surface area contributed by atoms with Gasteiger partial charge in [0.1, 0.15) is 11.3 Å². The van der Waals surface area contributed by atoms with Crippen molar-refractivity contribution in [2.45, 2.75) is 18.4 Å². The lowest BCUT2D eigenvalue weighted by molar-refractivity contribution is -0.0397. The van der Waals surface area contributed by atoms with E-state index in [0.29, 0.717) is 17.1 Å². The number of nitrogens with zero attached hydrogens (tertiary/aromatic N) is 3. The predicted octanol–water partition coefficient (Wildman–Crippen LogP) is 2.18. The summed E-state index contributed by atoms with van der Waals surface area (Å²) in [6.07, 6.45) is 2.21. The molecular formula is C18H25FN4O2. The first-order valence-electron chi connectivity index (χ1n) is 8.96. The molecule has 2 aromatic rings. The van der Waals surface area contributed by atoms with Crippen LogP contribution in [0.15, 0.2) is 22.6 Å². The van der Waals surface area contributed by atoms with Gasteiger partial charge in [0.2, 0.25) is 0 Å². The number of anilines is 1. The molecule has 136 valence electrons. The second-order valence-corrected chi connectivity index (χ2v) is 7.11. The van der Waals surface area contributed by atoms with Crippen molar-refractivity contribution in [3.05, 3.63) is 24.0 Å². The number of ether oxygens (including phenoxy) is 1. The summed E-state index contributed by atoms with van der Waals surface area (Å²) < 4.78 is 24.5. The Hall–Kier alpha value is -1.70. The van der Waals surface area contributed by atoms with Crippen molar-refractivity contribution in [3.63, 3.8) is 0 Å². The lowest BCUT2D eigenvalue weighted by Crippen LogP contribution is -2.61. The van der Waals surface area contributed by atoms with Gasteiger partial charge in [0.05, 0.1) is 13.2 Å². The maximum Gasteiger partial charge on any atom is 0.295 e. The molecule has 3 heterocycles. The van der Waals surface area contributed by atoms with Gasteiger partial charge in [0.25, 0.3) is 6.01 Å². The molecular weight excluding hydrogens is 323 g/mol. The quantitative estimate of drug-likeness (QED) is 0.914. The first-order valence-corrected chi connectivity index (χ1v) is 8.96. The fraction of sp³-hybridized carbons (Fsp3) is 0.611. The van der Waals surface area contributed by atoms with Crippen molar-refractivity contribution in [2.24, 2.45) is 0 Å². The average Bonchev–Trinajstić information content (AvgIpc) is 3.04. The van der Waals surface area contributed by atoms with E-state index in [1.54, 1.807) is 6.07 Å². The number of fused-ring (bicyclic) bond motifs is 1. The minimum Gasteiger partial charge on any atom is -0.423 e. The molecule has 1 aromatic heterocycles. The maximum atomic E-state index is 13.3. The monoisotopic (exact) mass is 348 g/mol. The maximum absolute atomic E-state index is 13.3. The Morgan fingerprint density at radius 2 is 1.96 bits per heavy atom. The molecule has 0 amide bonds. The minimum atomic E-state index is -0.310. The molecule has 1 aromatic carbocycles. The molecule has 0 spiro atoms. The standard InChI is InChI=1S/C18H25FN4O2/c1-22-6-4-18(5-7-22,23-8-10-24-11-9-23)13-20-17-21-15-3-2-14(19)12-16(15)25-17/h2-3,12H,4-11,13H2,1H3,(H,20,21). The summed E-state index contributed by atoms with van der Waals surface area (Å²) in [5.74, 6) is -0.310. The first kappa shape index (κ1) is 16.8. The molecule has 2 aliphatic rings. The van der Waals surface area contributed by atoms with Crippen LogP contribution in [0.25, 0.3) is 11.1 Å². The largest absolute Gasteiger partial charge is 0.423 e. The molecule has 0 bridgehead atoms. The number of nitrogens with one attached hydrogen (secondary N) is 1. The Kier molecular flexibility index (Phi) is 4.62. The van der Waals surface area contributed by atoms with Gasteiger partial charge < -0.3 is 19.4 Å². The van der Waals surface area contributed by atoms with Gasteiger partial charge >= 0.3 is 0 Å². The van der Waals surface area contributed by atoms with Crippen LogP contribution in [0.1, 0.15) is 12.8 Å². The highest BCUT2D eigenvalue weighted by Crippen LogP contribution is 2.30. The molecule has 25 heavy (non-hydrogen) atoms. The first-order chi connectivity index (χ1) is 12.1. The van der Waals surface area contributed by atoms with Crippen molar-refractivity contribution in [1.82, 2.24) is 14.8 Å². The van der Waals surface area contributed by atoms with Crippen LogP contribution in [0, 0.1) is 5.82 Å². The van der Waals surface area contributed by atoms with Gasteiger partial charge in [0, 0.05) is 31.2 Å². The highest BCUT2D eigenvalue weighted by atomic mass is 19.1. The van der Waals surface area contributed by atoms with E-state index in [9.17, 15) is 4.39 Å². The van der Waals surface area contributed by atoms with Gasteiger partial charge in [-0.05, 0) is 45.1 Å². The zero-order valence-electron chi connectivity index (χ0n) is 14.6. The number of benzene rings is 1. The van der Waals surface area contributed by atoms with Crippen molar-refractivity contribution in [2.75, 3.05) is 58.3 Å². The highest BCUT2D eigenvalue weighted by molar-refractivity contribution is 5.74. The molecule has 1 N–H and O–H groups in total. The van der Waals surface area contributed by atoms with Crippen LogP contribution in [-0.4, -0.2) is 73.3 Å². The van der Waals surface area contributed by atoms with Gasteiger partial charge in [-0.1, -0.05) is 0 Å². The third-order valence-electron chi connectivity index (χ3n) is 5.52. The van der Waals surface area contributed by atoms with E-state index >= 15 is 0 Å². The predicted molar refractivity (Wildman–Crippen MR) is 94.3 cm³/mol. The van der Waals surface area contributed by atoms with Crippen LogP contribution in [0.3, 0.4) is 0 Å². The number of aromatic nitrogens is 1. The van der Waals surface area contributed by atoms with Crippen molar-refractivity contribution in [3.8, 4) is 0 Å². The molecule has 4 rings (SSSR count). The Labute approximate surface area is 146 Å². The lowest BCUT2D eigenvalue weighted by atomic mass is 9.85. The van der Waals surface area contributed by atoms with E-state index in [1.165, 1.54) is 12.1 Å². The Bertz CT molecular complexity index is 721. The van der Waals surface area contributed by atoms with E-state index in [1.807, 2.05) is 0 Å². The third-order valence-corrected chi connectivity index (χ3v) is 5.52. The average molecular weight is 348 g/mol. The second-order valence-electron chi connectivity index (χ2n) is 7.11. The van der Waals surface area contributed by atoms with Crippen molar-refractivity contribution >= 4 is 17.1 Å². The summed E-state index contributed by atoms with van der Waals surface area (Å²) in [4.78, 5) is 9.36. The molecule has 0 atom stereocenters. The fourth-order valence-corrected chi connectivity index (χ4v) is 3.89. The SMILES string of the molecule is CN1CCC(CNc2nc3ccc(F)cc3o2)(N2CCOCC2)CC1. The van der Waals surface area contributed by atoms with E-state index in [0.717, 1.165) is 58.8 Å². The lowest BCUT2D eigenvalue weighted by Gasteiger charge is -2.49. The van der Waals surface area contributed by atoms with Crippen LogP contribution >= 0.6 is 0 Å². The summed E-state index contributed by atoms with van der Waals surface area (Å²) in [6, 6.07) is 4.89. The molecule has 0 saturated carbocycles. The fourth-order valence-electron chi connectivity index (χ4n) is 3.89. The molecule has 6 nitrogen and oxygen atoms in total. The zero-order valence-corrected chi connectivity index (χ0v) is 14.6. The summed E-state index contributed by atoms with van der Waals surface area (Å²) in [6.45, 7) is 6.44. The molecule has 2 fully saturated rings. The number of likely N-dealkylation sites (tertiary alicyclic amines) is 1. The van der Waals surface area contributed by atoms with Crippen LogP contribution in [0.2, 0.25) is 0 Å². The summed E-state index contributed by atoms with van der Waals surface area (Å²) >= 11 is 0. The highest BCUT2D eigenvalue weighted by Gasteiger charge is 2.40. The summed E-state index contributed by atoms with van der Waals surface area (Å²) in [7, 11) is 2.17. The Morgan fingerprint density at radius 3 is 2.72 bits per heavy atom. The molecule has 0 aliphatic carbocycles. The summed E-state index contributed by atoms with van der Waals surface area (Å²) in [5, 5.41) is 3.38. The van der Waals surface area contributed by atoms with Gasteiger partial charge in [-0.2, -0.15) is 4.98 Å². The van der Waals surface area contributed by atoms with Crippen LogP contribution in [0.5, 0.6) is 0 Å². The van der Waals surface area contributed by atoms with E-state index in [-0.39, 0.29) is 11.4 Å². The number of hydrogen-bond donors (Lipinski definition) is 1. The van der Waals surface area contributed by atoms with Crippen LogP contribution in [0.4, 0.5) is 10.4 Å². The molecule has 0 unspecified atom stereocenters. The Morgan fingerprint density at radius 1 is 1.20 bits per heavy atom. The minimum absolute atomic E-state index is 0.0855. The van der Waals surface area contributed by atoms with Gasteiger partial charge in [0.15, 0.2) is 5.58 Å². The Balaban J connectivity index is 1.51. The number of rotatable bonds is 4. The number of halogens is 1. The normalized spacial score (nSPS) is 22.3. The van der Waals surface area contributed by atoms with E-state index in [4.69, 9.17) is 9.15 Å². The molecule has 2 aliphatic heterocycles. The number of oxazole rings is 1. The van der Waals surface area contributed by atoms with E-state index in [2.05, 4.69) is 27.1 Å². The third kappa shape index (κ3) is 3.49. The van der Waals surface area contributed by atoms with Crippen molar-refractivity contribution in [1.29, 1.82) is 0 Å². The molecule has 0 radical (unpaired) electrons. The zero-order chi connectivity index (χ0) is 17.3. The van der Waals surface area contributed by atoms with Gasteiger partial charge in [-0.15, -0.1) is 0 Å². The van der Waals surface area contributed by atoms with Crippen LogP contribution < -0.4 is 5.32 Å². The number of morpholine rings is 1. The number of piperidine rings is 1. The van der Waals surface area contributed by atoms with E-state index < -0.39 is 0 Å². The van der Waals surface area contributed by atoms with Gasteiger partial charge in [-0.3, -0.25) is 4.90 Å².